The second kappa shape index (κ2) is 7.61. The smallest absolute Gasteiger partial charge is 0.354 e. The van der Waals surface area contributed by atoms with Crippen LogP contribution in [0.3, 0.4) is 0 Å². The van der Waals surface area contributed by atoms with Crippen molar-refractivity contribution >= 4 is 0 Å². The SMILES string of the molecule is CCCNC(c1ccc(C(F)(F)F)cc1)C(OC)OC. The topological polar surface area (TPSA) is 30.5 Å². The first-order valence-electron chi connectivity index (χ1n) is 6.40. The van der Waals surface area contributed by atoms with Gasteiger partial charge in [-0.15, -0.1) is 0 Å². The molecule has 0 amide bonds. The first-order valence-corrected chi connectivity index (χ1v) is 6.40. The van der Waals surface area contributed by atoms with Gasteiger partial charge in [-0.1, -0.05) is 19.1 Å². The first kappa shape index (κ1) is 16.9. The molecule has 0 spiro atoms. The van der Waals surface area contributed by atoms with Crippen LogP contribution in [0.4, 0.5) is 13.2 Å². The lowest BCUT2D eigenvalue weighted by Crippen LogP contribution is -2.35. The summed E-state index contributed by atoms with van der Waals surface area (Å²) in [5.74, 6) is 0. The summed E-state index contributed by atoms with van der Waals surface area (Å²) in [6, 6.07) is 4.71. The highest BCUT2D eigenvalue weighted by Gasteiger charge is 2.31. The summed E-state index contributed by atoms with van der Waals surface area (Å²) in [5, 5.41) is 3.21. The lowest BCUT2D eigenvalue weighted by molar-refractivity contribution is -0.137. The molecular weight excluding hydrogens is 271 g/mol. The molecule has 1 aromatic rings. The Morgan fingerprint density at radius 3 is 2.05 bits per heavy atom. The van der Waals surface area contributed by atoms with Crippen LogP contribution in [-0.4, -0.2) is 27.1 Å². The van der Waals surface area contributed by atoms with E-state index >= 15 is 0 Å². The van der Waals surface area contributed by atoms with E-state index in [1.165, 1.54) is 26.4 Å². The zero-order valence-corrected chi connectivity index (χ0v) is 11.8. The van der Waals surface area contributed by atoms with Crippen LogP contribution in [0.5, 0.6) is 0 Å². The number of ether oxygens (including phenoxy) is 2. The zero-order chi connectivity index (χ0) is 15.2. The predicted octanol–water partition coefficient (Wildman–Crippen LogP) is 3.37. The molecule has 0 aromatic heterocycles. The van der Waals surface area contributed by atoms with E-state index < -0.39 is 18.0 Å². The number of rotatable bonds is 7. The Balaban J connectivity index is 2.95. The Kier molecular flexibility index (Phi) is 6.45. The fourth-order valence-corrected chi connectivity index (χ4v) is 1.92. The first-order chi connectivity index (χ1) is 9.43. The molecule has 1 N–H and O–H groups in total. The monoisotopic (exact) mass is 291 g/mol. The van der Waals surface area contributed by atoms with E-state index in [0.29, 0.717) is 5.56 Å². The van der Waals surface area contributed by atoms with Gasteiger partial charge in [0.05, 0.1) is 11.6 Å². The summed E-state index contributed by atoms with van der Waals surface area (Å²) >= 11 is 0. The van der Waals surface area contributed by atoms with Gasteiger partial charge in [0, 0.05) is 14.2 Å². The number of halogens is 3. The van der Waals surface area contributed by atoms with E-state index in [9.17, 15) is 13.2 Å². The molecule has 1 aromatic carbocycles. The number of hydrogen-bond acceptors (Lipinski definition) is 3. The Labute approximate surface area is 117 Å². The summed E-state index contributed by atoms with van der Waals surface area (Å²) in [7, 11) is 3.00. The van der Waals surface area contributed by atoms with Crippen LogP contribution in [0, 0.1) is 0 Å². The summed E-state index contributed by atoms with van der Waals surface area (Å²) in [6.07, 6.45) is -3.98. The summed E-state index contributed by atoms with van der Waals surface area (Å²) in [6.45, 7) is 2.72. The van der Waals surface area contributed by atoms with E-state index in [0.717, 1.165) is 25.1 Å². The van der Waals surface area contributed by atoms with E-state index in [1.807, 2.05) is 6.92 Å². The van der Waals surface area contributed by atoms with Crippen molar-refractivity contribution in [1.82, 2.24) is 5.32 Å². The molecule has 0 aliphatic heterocycles. The molecule has 0 bridgehead atoms. The molecule has 0 aliphatic carbocycles. The van der Waals surface area contributed by atoms with Crippen molar-refractivity contribution < 1.29 is 22.6 Å². The van der Waals surface area contributed by atoms with Crippen molar-refractivity contribution in [2.45, 2.75) is 31.9 Å². The molecular formula is C14H20F3NO2. The fraction of sp³-hybridized carbons (Fsp3) is 0.571. The minimum absolute atomic E-state index is 0.313. The quantitative estimate of drug-likeness (QED) is 0.781. The number of methoxy groups -OCH3 is 2. The molecule has 114 valence electrons. The molecule has 6 heteroatoms. The second-order valence-electron chi connectivity index (χ2n) is 4.39. The number of benzene rings is 1. The largest absolute Gasteiger partial charge is 0.416 e. The minimum atomic E-state index is -4.33. The summed E-state index contributed by atoms with van der Waals surface area (Å²) in [4.78, 5) is 0. The normalized spacial score (nSPS) is 13.8. The maximum Gasteiger partial charge on any atom is 0.416 e. The van der Waals surface area contributed by atoms with Crippen LogP contribution in [0.15, 0.2) is 24.3 Å². The predicted molar refractivity (Wildman–Crippen MR) is 70.3 cm³/mol. The minimum Gasteiger partial charge on any atom is -0.354 e. The van der Waals surface area contributed by atoms with Gasteiger partial charge in [0.2, 0.25) is 0 Å². The Morgan fingerprint density at radius 1 is 1.10 bits per heavy atom. The average Bonchev–Trinajstić information content (AvgIpc) is 2.43. The average molecular weight is 291 g/mol. The second-order valence-corrected chi connectivity index (χ2v) is 4.39. The maximum atomic E-state index is 12.5. The summed E-state index contributed by atoms with van der Waals surface area (Å²) < 4.78 is 48.1. The zero-order valence-electron chi connectivity index (χ0n) is 11.8. The van der Waals surface area contributed by atoms with Crippen LogP contribution in [0.25, 0.3) is 0 Å². The standard InChI is InChI=1S/C14H20F3NO2/c1-4-9-18-12(13(19-2)20-3)10-5-7-11(8-6-10)14(15,16)17/h5-8,12-13,18H,4,9H2,1-3H3. The third-order valence-corrected chi connectivity index (χ3v) is 2.95. The van der Waals surface area contributed by atoms with Gasteiger partial charge in [-0.25, -0.2) is 0 Å². The van der Waals surface area contributed by atoms with E-state index in [1.54, 1.807) is 0 Å². The summed E-state index contributed by atoms with van der Waals surface area (Å²) in [5.41, 5.74) is 0.0297. The molecule has 1 unspecified atom stereocenters. The van der Waals surface area contributed by atoms with E-state index in [-0.39, 0.29) is 6.04 Å². The number of nitrogens with one attached hydrogen (secondary N) is 1. The van der Waals surface area contributed by atoms with Crippen LogP contribution < -0.4 is 5.32 Å². The van der Waals surface area contributed by atoms with E-state index in [4.69, 9.17) is 9.47 Å². The van der Waals surface area contributed by atoms with Crippen molar-refractivity contribution in [1.29, 1.82) is 0 Å². The fourth-order valence-electron chi connectivity index (χ4n) is 1.92. The lowest BCUT2D eigenvalue weighted by Gasteiger charge is -2.26. The third kappa shape index (κ3) is 4.47. The van der Waals surface area contributed by atoms with Crippen LogP contribution in [0.1, 0.15) is 30.5 Å². The van der Waals surface area contributed by atoms with Crippen molar-refractivity contribution in [3.63, 3.8) is 0 Å². The molecule has 20 heavy (non-hydrogen) atoms. The molecule has 0 aliphatic rings. The molecule has 1 rings (SSSR count). The van der Waals surface area contributed by atoms with Gasteiger partial charge < -0.3 is 14.8 Å². The maximum absolute atomic E-state index is 12.5. The lowest BCUT2D eigenvalue weighted by atomic mass is 10.0. The Hall–Kier alpha value is -1.11. The molecule has 0 fully saturated rings. The molecule has 3 nitrogen and oxygen atoms in total. The van der Waals surface area contributed by atoms with Gasteiger partial charge in [-0.2, -0.15) is 13.2 Å². The van der Waals surface area contributed by atoms with E-state index in [2.05, 4.69) is 5.32 Å². The molecule has 0 radical (unpaired) electrons. The molecule has 1 atom stereocenters. The molecule has 0 heterocycles. The van der Waals surface area contributed by atoms with Crippen molar-refractivity contribution in [2.75, 3.05) is 20.8 Å². The Morgan fingerprint density at radius 2 is 1.65 bits per heavy atom. The van der Waals surface area contributed by atoms with Gasteiger partial charge in [0.15, 0.2) is 6.29 Å². The third-order valence-electron chi connectivity index (χ3n) is 2.95. The van der Waals surface area contributed by atoms with Crippen molar-refractivity contribution in [2.24, 2.45) is 0 Å². The van der Waals surface area contributed by atoms with Crippen LogP contribution in [-0.2, 0) is 15.7 Å². The highest BCUT2D eigenvalue weighted by Crippen LogP contribution is 2.30. The Bertz CT molecular complexity index is 388. The highest BCUT2D eigenvalue weighted by molar-refractivity contribution is 5.27. The van der Waals surface area contributed by atoms with Gasteiger partial charge in [-0.05, 0) is 30.7 Å². The number of alkyl halides is 3. The van der Waals surface area contributed by atoms with Crippen LogP contribution >= 0.6 is 0 Å². The van der Waals surface area contributed by atoms with Crippen molar-refractivity contribution in [3.8, 4) is 0 Å². The van der Waals surface area contributed by atoms with Gasteiger partial charge >= 0.3 is 6.18 Å². The number of hydrogen-bond donors (Lipinski definition) is 1. The van der Waals surface area contributed by atoms with Gasteiger partial charge in [-0.3, -0.25) is 0 Å². The van der Waals surface area contributed by atoms with Crippen molar-refractivity contribution in [3.05, 3.63) is 35.4 Å². The van der Waals surface area contributed by atoms with Gasteiger partial charge in [0.25, 0.3) is 0 Å². The van der Waals surface area contributed by atoms with Crippen LogP contribution in [0.2, 0.25) is 0 Å². The molecule has 0 saturated carbocycles. The van der Waals surface area contributed by atoms with Gasteiger partial charge in [0.1, 0.15) is 0 Å². The highest BCUT2D eigenvalue weighted by atomic mass is 19.4. The molecule has 0 saturated heterocycles.